The van der Waals surface area contributed by atoms with Gasteiger partial charge >= 0.3 is 0 Å². The van der Waals surface area contributed by atoms with Crippen LogP contribution in [0.1, 0.15) is 32.1 Å². The average molecular weight is 235 g/mol. The molecule has 0 N–H and O–H groups in total. The predicted molar refractivity (Wildman–Crippen MR) is 70.0 cm³/mol. The smallest absolute Gasteiger partial charge is 0.128 e. The Hall–Kier alpha value is 0.464. The molecule has 0 rings (SSSR count). The van der Waals surface area contributed by atoms with Gasteiger partial charge in [-0.05, 0) is 18.9 Å². The van der Waals surface area contributed by atoms with Gasteiger partial charge in [0, 0.05) is 8.31 Å². The van der Waals surface area contributed by atoms with Crippen molar-refractivity contribution in [3.63, 3.8) is 0 Å². The summed E-state index contributed by atoms with van der Waals surface area (Å²) < 4.78 is 0. The summed E-state index contributed by atoms with van der Waals surface area (Å²) in [5.74, 6) is 0. The first-order chi connectivity index (χ1) is 6.18. The summed E-state index contributed by atoms with van der Waals surface area (Å²) in [6.45, 7) is 8.50. The second-order valence-corrected chi connectivity index (χ2v) is 17.5. The van der Waals surface area contributed by atoms with Gasteiger partial charge in [-0.1, -0.05) is 38.4 Å². The van der Waals surface area contributed by atoms with Gasteiger partial charge in [0.2, 0.25) is 0 Å². The third kappa shape index (κ3) is 8.78. The van der Waals surface area contributed by atoms with Crippen molar-refractivity contribution in [2.24, 2.45) is 0 Å². The molecule has 0 aromatic rings. The van der Waals surface area contributed by atoms with Crippen LogP contribution < -0.4 is 0 Å². The van der Waals surface area contributed by atoms with E-state index in [1.165, 1.54) is 38.1 Å². The van der Waals surface area contributed by atoms with Crippen LogP contribution in [-0.2, 0) is 0 Å². The first kappa shape index (κ1) is 13.5. The molecule has 1 atom stereocenters. The van der Waals surface area contributed by atoms with Gasteiger partial charge in [0.25, 0.3) is 0 Å². The molecule has 3 heteroatoms. The molecule has 0 radical (unpaired) electrons. The lowest BCUT2D eigenvalue weighted by Gasteiger charge is -2.09. The van der Waals surface area contributed by atoms with Gasteiger partial charge in [-0.15, -0.1) is 6.58 Å². The summed E-state index contributed by atoms with van der Waals surface area (Å²) in [6.07, 6.45) is 8.63. The zero-order chi connectivity index (χ0) is 10.1. The molecule has 0 aliphatic carbocycles. The van der Waals surface area contributed by atoms with Gasteiger partial charge in [0.05, 0.1) is 0 Å². The number of allylic oxidation sites excluding steroid dienone is 1. The molecule has 0 aliphatic rings. The minimum absolute atomic E-state index is 0.441. The van der Waals surface area contributed by atoms with E-state index in [0.717, 1.165) is 0 Å². The average Bonchev–Trinajstić information content (AvgIpc) is 2.10. The lowest BCUT2D eigenvalue weighted by Crippen LogP contribution is -2.23. The van der Waals surface area contributed by atoms with Crippen LogP contribution in [-0.4, -0.2) is 15.9 Å². The summed E-state index contributed by atoms with van der Waals surface area (Å²) in [4.78, 5) is 0. The second kappa shape index (κ2) is 9.04. The van der Waals surface area contributed by atoms with E-state index in [1.54, 1.807) is 0 Å². The molecule has 0 saturated heterocycles. The van der Waals surface area contributed by atoms with Crippen LogP contribution in [0.25, 0.3) is 0 Å². The Kier molecular flexibility index (Phi) is 9.36. The fourth-order valence-corrected chi connectivity index (χ4v) is 5.83. The van der Waals surface area contributed by atoms with Crippen molar-refractivity contribution < 1.29 is 0 Å². The van der Waals surface area contributed by atoms with Gasteiger partial charge < -0.3 is 0 Å². The van der Waals surface area contributed by atoms with E-state index in [4.69, 9.17) is 11.1 Å². The topological polar surface area (TPSA) is 0 Å². The van der Waals surface area contributed by atoms with Crippen molar-refractivity contribution in [2.75, 3.05) is 0 Å². The number of rotatable bonds is 8. The number of hydrogen-bond donors (Lipinski definition) is 0. The number of halogens is 1. The number of hydrogen-bond acceptors (Lipinski definition) is 0. The fraction of sp³-hybridized carbons (Fsp3) is 0.800. The molecule has 0 fully saturated rings. The van der Waals surface area contributed by atoms with E-state index in [2.05, 4.69) is 19.7 Å². The summed E-state index contributed by atoms with van der Waals surface area (Å²) in [6, 6.07) is 1.37. The molecule has 78 valence electrons. The molecule has 0 aromatic heterocycles. The Morgan fingerprint density at radius 2 is 1.77 bits per heavy atom. The van der Waals surface area contributed by atoms with Crippen molar-refractivity contribution in [2.45, 2.75) is 51.2 Å². The van der Waals surface area contributed by atoms with Crippen molar-refractivity contribution in [3.05, 3.63) is 12.7 Å². The Morgan fingerprint density at radius 1 is 1.15 bits per heavy atom. The van der Waals surface area contributed by atoms with Crippen molar-refractivity contribution in [3.8, 4) is 0 Å². The molecular formula is C10H23ClSi2. The van der Waals surface area contributed by atoms with Crippen LogP contribution in [0.15, 0.2) is 12.7 Å². The molecule has 0 spiro atoms. The van der Waals surface area contributed by atoms with E-state index >= 15 is 0 Å². The van der Waals surface area contributed by atoms with Gasteiger partial charge in [-0.25, -0.2) is 0 Å². The van der Waals surface area contributed by atoms with Gasteiger partial charge in [-0.3, -0.25) is 0 Å². The summed E-state index contributed by atoms with van der Waals surface area (Å²) in [5, 5.41) is 0. The largest absolute Gasteiger partial charge is 0.175 e. The molecule has 13 heavy (non-hydrogen) atoms. The molecule has 0 nitrogen and oxygen atoms in total. The molecular weight excluding hydrogens is 212 g/mol. The van der Waals surface area contributed by atoms with Crippen LogP contribution in [0.4, 0.5) is 0 Å². The molecule has 0 amide bonds. The predicted octanol–water partition coefficient (Wildman–Crippen LogP) is 3.65. The lowest BCUT2D eigenvalue weighted by atomic mass is 10.1. The minimum Gasteiger partial charge on any atom is -0.175 e. The van der Waals surface area contributed by atoms with Crippen molar-refractivity contribution in [1.82, 2.24) is 0 Å². The maximum atomic E-state index is 6.34. The summed E-state index contributed by atoms with van der Waals surface area (Å²) in [7, 11) is -1.18. The van der Waals surface area contributed by atoms with E-state index < -0.39 is 15.9 Å². The standard InChI is InChI=1S/C10H23ClSi2/c1-4-5-6-7-8-9-10-13(11)12(2)3/h4,12-13H,1,5-10H2,2-3H3. The number of unbranched alkanes of at least 4 members (excludes halogenated alkanes) is 4. The van der Waals surface area contributed by atoms with Gasteiger partial charge in [-0.2, -0.15) is 11.1 Å². The normalized spacial score (nSPS) is 13.2. The highest BCUT2D eigenvalue weighted by molar-refractivity contribution is 7.42. The molecule has 1 unspecified atom stereocenters. The quantitative estimate of drug-likeness (QED) is 0.260. The highest BCUT2D eigenvalue weighted by atomic mass is 35.6. The summed E-state index contributed by atoms with van der Waals surface area (Å²) >= 11 is 6.34. The van der Waals surface area contributed by atoms with Crippen LogP contribution in [0.2, 0.25) is 19.1 Å². The second-order valence-electron chi connectivity index (χ2n) is 4.04. The van der Waals surface area contributed by atoms with Gasteiger partial charge in [0.1, 0.15) is 7.62 Å². The zero-order valence-electron chi connectivity index (χ0n) is 9.06. The van der Waals surface area contributed by atoms with Crippen LogP contribution in [0.5, 0.6) is 0 Å². The zero-order valence-corrected chi connectivity index (χ0v) is 12.1. The molecule has 0 saturated carbocycles. The van der Waals surface area contributed by atoms with Crippen molar-refractivity contribution in [1.29, 1.82) is 0 Å². The highest BCUT2D eigenvalue weighted by Gasteiger charge is 2.11. The maximum Gasteiger partial charge on any atom is 0.128 e. The first-order valence-corrected chi connectivity index (χ1v) is 13.0. The SMILES string of the molecule is C=CCCCCCC[SiH](Cl)[SiH](C)C. The molecule has 0 heterocycles. The van der Waals surface area contributed by atoms with Crippen molar-refractivity contribution >= 4 is 27.0 Å². The van der Waals surface area contributed by atoms with E-state index in [9.17, 15) is 0 Å². The Labute approximate surface area is 91.1 Å². The van der Waals surface area contributed by atoms with E-state index in [1.807, 2.05) is 6.08 Å². The Bertz CT molecular complexity index is 126. The lowest BCUT2D eigenvalue weighted by molar-refractivity contribution is 0.674. The van der Waals surface area contributed by atoms with Crippen LogP contribution in [0.3, 0.4) is 0 Å². The highest BCUT2D eigenvalue weighted by Crippen LogP contribution is 2.11. The Balaban J connectivity index is 3.11. The third-order valence-electron chi connectivity index (χ3n) is 2.36. The van der Waals surface area contributed by atoms with E-state index in [-0.39, 0.29) is 0 Å². The third-order valence-corrected chi connectivity index (χ3v) is 15.3. The first-order valence-electron chi connectivity index (χ1n) is 5.43. The molecule has 0 aromatic carbocycles. The molecule has 0 aliphatic heterocycles. The minimum atomic E-state index is -0.743. The van der Waals surface area contributed by atoms with Gasteiger partial charge in [0.15, 0.2) is 0 Å². The molecule has 0 bridgehead atoms. The Morgan fingerprint density at radius 3 is 2.31 bits per heavy atom. The van der Waals surface area contributed by atoms with Crippen LogP contribution in [0, 0.1) is 0 Å². The monoisotopic (exact) mass is 234 g/mol. The fourth-order valence-electron chi connectivity index (χ4n) is 1.31. The van der Waals surface area contributed by atoms with Crippen LogP contribution >= 0.6 is 11.1 Å². The summed E-state index contributed by atoms with van der Waals surface area (Å²) in [5.41, 5.74) is 0. The van der Waals surface area contributed by atoms with E-state index in [0.29, 0.717) is 0 Å². The maximum absolute atomic E-state index is 6.34.